The average molecular weight is 377 g/mol. The van der Waals surface area contributed by atoms with Crippen LogP contribution in [0.15, 0.2) is 40.9 Å². The highest BCUT2D eigenvalue weighted by Crippen LogP contribution is 2.23. The summed E-state index contributed by atoms with van der Waals surface area (Å²) in [6, 6.07) is 8.48. The van der Waals surface area contributed by atoms with Crippen molar-refractivity contribution < 1.29 is 4.74 Å². The fourth-order valence-corrected chi connectivity index (χ4v) is 3.59. The van der Waals surface area contributed by atoms with Gasteiger partial charge in [0.2, 0.25) is 0 Å². The number of hydrogen-bond acceptors (Lipinski definition) is 3. The summed E-state index contributed by atoms with van der Waals surface area (Å²) < 4.78 is 5.36. The Morgan fingerprint density at radius 3 is 3.12 bits per heavy atom. The van der Waals surface area contributed by atoms with Crippen LogP contribution in [0.5, 0.6) is 0 Å². The summed E-state index contributed by atoms with van der Waals surface area (Å²) in [6.07, 6.45) is 5.34. The molecule has 6 heteroatoms. The minimum atomic E-state index is 0.397. The molecule has 0 aliphatic carbocycles. The maximum atomic E-state index is 6.12. The van der Waals surface area contributed by atoms with Crippen molar-refractivity contribution in [3.8, 4) is 0 Å². The largest absolute Gasteiger partial charge is 0.377 e. The number of nitrogens with zero attached hydrogens (tertiary/aromatic N) is 2. The van der Waals surface area contributed by atoms with Crippen LogP contribution in [-0.4, -0.2) is 51.4 Å². The molecule has 5 nitrogen and oxygen atoms in total. The number of nitrogens with one attached hydrogen (secondary N) is 2. The quantitative estimate of drug-likeness (QED) is 0.454. The van der Waals surface area contributed by atoms with E-state index in [1.54, 1.807) is 0 Å². The van der Waals surface area contributed by atoms with Gasteiger partial charge < -0.3 is 20.3 Å². The molecule has 142 valence electrons. The molecule has 26 heavy (non-hydrogen) atoms. The lowest BCUT2D eigenvalue weighted by Gasteiger charge is -2.20. The fraction of sp³-hybridized carbons (Fsp3) is 0.550. The van der Waals surface area contributed by atoms with E-state index in [4.69, 9.17) is 21.3 Å². The van der Waals surface area contributed by atoms with Gasteiger partial charge in [-0.3, -0.25) is 4.99 Å². The number of benzene rings is 1. The van der Waals surface area contributed by atoms with Crippen LogP contribution >= 0.6 is 11.6 Å². The van der Waals surface area contributed by atoms with Crippen LogP contribution in [0.4, 0.5) is 5.69 Å². The van der Waals surface area contributed by atoms with Gasteiger partial charge in [-0.15, -0.1) is 0 Å². The van der Waals surface area contributed by atoms with Crippen molar-refractivity contribution >= 4 is 23.2 Å². The number of rotatable bonds is 6. The first-order chi connectivity index (χ1) is 12.7. The molecule has 2 N–H and O–H groups in total. The number of hydrogen-bond donors (Lipinski definition) is 2. The molecule has 3 rings (SSSR count). The molecule has 1 fully saturated rings. The summed E-state index contributed by atoms with van der Waals surface area (Å²) in [6.45, 7) is 7.37. The topological polar surface area (TPSA) is 48.9 Å². The first-order valence-electron chi connectivity index (χ1n) is 9.55. The Bertz CT molecular complexity index is 646. The second-order valence-corrected chi connectivity index (χ2v) is 7.19. The van der Waals surface area contributed by atoms with Gasteiger partial charge in [-0.1, -0.05) is 29.3 Å². The van der Waals surface area contributed by atoms with E-state index >= 15 is 0 Å². The molecule has 2 heterocycles. The standard InChI is InChI=1S/C20H29ClN4O/c1-2-22-20(23-10-6-16-8-12-26-13-9-16)24-18-7-11-25(15-18)19-5-3-4-17(21)14-19/h3-5,8,14,18H,2,6-7,9-13,15H2,1H3,(H2,22,23,24). The highest BCUT2D eigenvalue weighted by atomic mass is 35.5. The Hall–Kier alpha value is -1.72. The Morgan fingerprint density at radius 1 is 1.42 bits per heavy atom. The SMILES string of the molecule is CCNC(=NCCC1=CCOCC1)NC1CCN(c2cccc(Cl)c2)C1. The number of anilines is 1. The number of aliphatic imine (C=N–C) groups is 1. The maximum Gasteiger partial charge on any atom is 0.191 e. The highest BCUT2D eigenvalue weighted by molar-refractivity contribution is 6.30. The van der Waals surface area contributed by atoms with E-state index in [-0.39, 0.29) is 0 Å². The molecule has 0 saturated carbocycles. The summed E-state index contributed by atoms with van der Waals surface area (Å²) >= 11 is 6.12. The molecule has 0 spiro atoms. The normalized spacial score (nSPS) is 20.8. The third-order valence-corrected chi connectivity index (χ3v) is 5.04. The van der Waals surface area contributed by atoms with E-state index in [0.717, 1.165) is 69.6 Å². The lowest BCUT2D eigenvalue weighted by atomic mass is 10.1. The number of guanidine groups is 1. The van der Waals surface area contributed by atoms with E-state index in [9.17, 15) is 0 Å². The molecule has 0 bridgehead atoms. The molecule has 1 unspecified atom stereocenters. The zero-order valence-electron chi connectivity index (χ0n) is 15.5. The van der Waals surface area contributed by atoms with Crippen molar-refractivity contribution in [3.05, 3.63) is 40.9 Å². The summed E-state index contributed by atoms with van der Waals surface area (Å²) in [5, 5.41) is 7.74. The highest BCUT2D eigenvalue weighted by Gasteiger charge is 2.23. The lowest BCUT2D eigenvalue weighted by Crippen LogP contribution is -2.44. The number of halogens is 1. The van der Waals surface area contributed by atoms with Crippen LogP contribution in [0, 0.1) is 0 Å². The van der Waals surface area contributed by atoms with Gasteiger partial charge in [-0.25, -0.2) is 0 Å². The van der Waals surface area contributed by atoms with Gasteiger partial charge in [0.05, 0.1) is 13.2 Å². The van der Waals surface area contributed by atoms with E-state index in [0.29, 0.717) is 6.04 Å². The summed E-state index contributed by atoms with van der Waals surface area (Å²) in [5.41, 5.74) is 2.65. The number of ether oxygens (including phenoxy) is 1. The minimum absolute atomic E-state index is 0.397. The van der Waals surface area contributed by atoms with Crippen molar-refractivity contribution in [2.45, 2.75) is 32.2 Å². The molecule has 2 aliphatic heterocycles. The molecule has 0 radical (unpaired) electrons. The molecule has 0 aromatic heterocycles. The molecule has 1 aromatic rings. The van der Waals surface area contributed by atoms with Crippen molar-refractivity contribution in [1.29, 1.82) is 0 Å². The molecular formula is C20H29ClN4O. The Balaban J connectivity index is 1.51. The van der Waals surface area contributed by atoms with Gasteiger partial charge in [0.15, 0.2) is 5.96 Å². The second kappa shape index (κ2) is 9.83. The van der Waals surface area contributed by atoms with Gasteiger partial charge >= 0.3 is 0 Å². The molecule has 2 aliphatic rings. The van der Waals surface area contributed by atoms with Crippen molar-refractivity contribution in [1.82, 2.24) is 10.6 Å². The molecule has 1 aromatic carbocycles. The Morgan fingerprint density at radius 2 is 2.35 bits per heavy atom. The zero-order valence-corrected chi connectivity index (χ0v) is 16.3. The van der Waals surface area contributed by atoms with Crippen molar-refractivity contribution in [3.63, 3.8) is 0 Å². The first kappa shape index (κ1) is 19.1. The minimum Gasteiger partial charge on any atom is -0.377 e. The second-order valence-electron chi connectivity index (χ2n) is 6.75. The Kier molecular flexibility index (Phi) is 7.21. The van der Waals surface area contributed by atoms with Crippen LogP contribution in [0.3, 0.4) is 0 Å². The zero-order chi connectivity index (χ0) is 18.2. The molecular weight excluding hydrogens is 348 g/mol. The molecule has 1 saturated heterocycles. The third-order valence-electron chi connectivity index (χ3n) is 4.81. The monoisotopic (exact) mass is 376 g/mol. The van der Waals surface area contributed by atoms with Crippen LogP contribution in [0.2, 0.25) is 5.02 Å². The Labute approximate surface area is 161 Å². The van der Waals surface area contributed by atoms with E-state index in [1.807, 2.05) is 18.2 Å². The molecule has 0 amide bonds. The summed E-state index contributed by atoms with van der Waals surface area (Å²) in [7, 11) is 0. The lowest BCUT2D eigenvalue weighted by molar-refractivity contribution is 0.153. The van der Waals surface area contributed by atoms with Crippen LogP contribution in [0.25, 0.3) is 0 Å². The van der Waals surface area contributed by atoms with Gasteiger partial charge in [-0.2, -0.15) is 0 Å². The van der Waals surface area contributed by atoms with Crippen LogP contribution in [0.1, 0.15) is 26.2 Å². The van der Waals surface area contributed by atoms with E-state index < -0.39 is 0 Å². The smallest absolute Gasteiger partial charge is 0.191 e. The molecule has 1 atom stereocenters. The average Bonchev–Trinajstić information content (AvgIpc) is 3.11. The van der Waals surface area contributed by atoms with Crippen molar-refractivity contribution in [2.75, 3.05) is 44.3 Å². The third kappa shape index (κ3) is 5.64. The summed E-state index contributed by atoms with van der Waals surface area (Å²) in [4.78, 5) is 7.13. The predicted molar refractivity (Wildman–Crippen MR) is 109 cm³/mol. The van der Waals surface area contributed by atoms with Crippen molar-refractivity contribution in [2.24, 2.45) is 4.99 Å². The van der Waals surface area contributed by atoms with E-state index in [2.05, 4.69) is 34.6 Å². The first-order valence-corrected chi connectivity index (χ1v) is 9.93. The van der Waals surface area contributed by atoms with E-state index in [1.165, 1.54) is 11.3 Å². The maximum absolute atomic E-state index is 6.12. The fourth-order valence-electron chi connectivity index (χ4n) is 3.40. The predicted octanol–water partition coefficient (Wildman–Crippen LogP) is 3.21. The van der Waals surface area contributed by atoms with Gasteiger partial charge in [-0.05, 0) is 44.4 Å². The summed E-state index contributed by atoms with van der Waals surface area (Å²) in [5.74, 6) is 0.915. The van der Waals surface area contributed by atoms with Crippen LogP contribution < -0.4 is 15.5 Å². The van der Waals surface area contributed by atoms with Crippen LogP contribution in [-0.2, 0) is 4.74 Å². The van der Waals surface area contributed by atoms with Gasteiger partial charge in [0, 0.05) is 42.9 Å². The van der Waals surface area contributed by atoms with Gasteiger partial charge in [0.25, 0.3) is 0 Å². The van der Waals surface area contributed by atoms with Gasteiger partial charge in [0.1, 0.15) is 0 Å².